The van der Waals surface area contributed by atoms with Crippen molar-refractivity contribution in [2.75, 3.05) is 0 Å². The predicted octanol–water partition coefficient (Wildman–Crippen LogP) is 2.91. The molecule has 54 valence electrons. The minimum atomic E-state index is -4.40. The molecular formula is C4H3Cl2F3. The van der Waals surface area contributed by atoms with Crippen molar-refractivity contribution in [2.24, 2.45) is 0 Å². The zero-order chi connectivity index (χ0) is 7.49. The van der Waals surface area contributed by atoms with Gasteiger partial charge in [0.2, 0.25) is 0 Å². The van der Waals surface area contributed by atoms with E-state index in [1.165, 1.54) is 0 Å². The molecule has 9 heavy (non-hydrogen) atoms. The normalized spacial score (nSPS) is 16.6. The minimum Gasteiger partial charge on any atom is -0.169 e. The molecule has 0 nitrogen and oxygen atoms in total. The van der Waals surface area contributed by atoms with E-state index in [-0.39, 0.29) is 0 Å². The van der Waals surface area contributed by atoms with E-state index in [4.69, 9.17) is 23.2 Å². The molecule has 5 heteroatoms. The van der Waals surface area contributed by atoms with Gasteiger partial charge in [-0.25, -0.2) is 0 Å². The highest BCUT2D eigenvalue weighted by Crippen LogP contribution is 2.25. The average molecular weight is 179 g/mol. The van der Waals surface area contributed by atoms with Crippen molar-refractivity contribution >= 4 is 23.2 Å². The first-order valence-corrected chi connectivity index (χ1v) is 2.83. The fourth-order valence-corrected chi connectivity index (χ4v) is 0.466. The lowest BCUT2D eigenvalue weighted by Crippen LogP contribution is -2.20. The van der Waals surface area contributed by atoms with Crippen molar-refractivity contribution in [2.45, 2.75) is 11.6 Å². The molecule has 0 aromatic rings. The van der Waals surface area contributed by atoms with Crippen LogP contribution in [0.5, 0.6) is 0 Å². The number of alkyl halides is 4. The number of rotatable bonds is 1. The summed E-state index contributed by atoms with van der Waals surface area (Å²) in [7, 11) is 0. The summed E-state index contributed by atoms with van der Waals surface area (Å²) >= 11 is 9.60. The maximum atomic E-state index is 11.4. The molecule has 1 atom stereocenters. The van der Waals surface area contributed by atoms with Gasteiger partial charge in [-0.15, -0.1) is 11.6 Å². The standard InChI is InChI=1S/C4H3Cl2F3/c5-2-1-3(6)4(7,8)9/h1-3H. The monoisotopic (exact) mass is 178 g/mol. The fraction of sp³-hybridized carbons (Fsp3) is 0.500. The maximum absolute atomic E-state index is 11.4. The second kappa shape index (κ2) is 3.32. The van der Waals surface area contributed by atoms with Crippen molar-refractivity contribution in [3.8, 4) is 0 Å². The topological polar surface area (TPSA) is 0 Å². The molecule has 0 saturated carbocycles. The quantitative estimate of drug-likeness (QED) is 0.542. The third-order valence-electron chi connectivity index (χ3n) is 0.554. The van der Waals surface area contributed by atoms with Gasteiger partial charge in [-0.3, -0.25) is 0 Å². The van der Waals surface area contributed by atoms with Crippen LogP contribution in [0.4, 0.5) is 13.2 Å². The van der Waals surface area contributed by atoms with E-state index in [1.54, 1.807) is 0 Å². The smallest absolute Gasteiger partial charge is 0.169 e. The summed E-state index contributed by atoms with van der Waals surface area (Å²) < 4.78 is 34.2. The molecule has 0 N–H and O–H groups in total. The van der Waals surface area contributed by atoms with Gasteiger partial charge in [0.15, 0.2) is 0 Å². The Morgan fingerprint density at radius 2 is 1.78 bits per heavy atom. The van der Waals surface area contributed by atoms with E-state index >= 15 is 0 Å². The van der Waals surface area contributed by atoms with E-state index in [0.717, 1.165) is 5.54 Å². The van der Waals surface area contributed by atoms with Gasteiger partial charge < -0.3 is 0 Å². The van der Waals surface area contributed by atoms with Crippen molar-refractivity contribution in [3.05, 3.63) is 11.6 Å². The molecule has 0 aliphatic carbocycles. The van der Waals surface area contributed by atoms with Gasteiger partial charge in [0.05, 0.1) is 0 Å². The highest BCUT2D eigenvalue weighted by Gasteiger charge is 2.35. The molecule has 1 unspecified atom stereocenters. The van der Waals surface area contributed by atoms with Crippen LogP contribution in [0.3, 0.4) is 0 Å². The predicted molar refractivity (Wildman–Crippen MR) is 30.7 cm³/mol. The summed E-state index contributed by atoms with van der Waals surface area (Å²) in [4.78, 5) is 0. The summed E-state index contributed by atoms with van der Waals surface area (Å²) in [5, 5.41) is -1.98. The fourth-order valence-electron chi connectivity index (χ4n) is 0.173. The lowest BCUT2D eigenvalue weighted by molar-refractivity contribution is -0.121. The molecule has 0 aliphatic rings. The van der Waals surface area contributed by atoms with Crippen LogP contribution in [0.25, 0.3) is 0 Å². The third-order valence-corrected chi connectivity index (χ3v) is 1.09. The highest BCUT2D eigenvalue weighted by atomic mass is 35.5. The molecule has 0 fully saturated rings. The van der Waals surface area contributed by atoms with Crippen molar-refractivity contribution < 1.29 is 13.2 Å². The summed E-state index contributed by atoms with van der Waals surface area (Å²) in [5.41, 5.74) is 0.741. The molecule has 0 aromatic carbocycles. The number of allylic oxidation sites excluding steroid dienone is 1. The Labute approximate surface area is 60.2 Å². The van der Waals surface area contributed by atoms with E-state index in [1.807, 2.05) is 0 Å². The molecule has 0 heterocycles. The van der Waals surface area contributed by atoms with Crippen LogP contribution in [0.15, 0.2) is 11.6 Å². The van der Waals surface area contributed by atoms with E-state index in [0.29, 0.717) is 6.08 Å². The van der Waals surface area contributed by atoms with Crippen LogP contribution >= 0.6 is 23.2 Å². The van der Waals surface area contributed by atoms with Crippen LogP contribution < -0.4 is 0 Å². The van der Waals surface area contributed by atoms with Crippen LogP contribution in [-0.2, 0) is 0 Å². The molecule has 0 rings (SSSR count). The molecule has 0 spiro atoms. The Morgan fingerprint density at radius 1 is 1.33 bits per heavy atom. The van der Waals surface area contributed by atoms with E-state index in [2.05, 4.69) is 0 Å². The Balaban J connectivity index is 3.88. The van der Waals surface area contributed by atoms with Gasteiger partial charge in [0.1, 0.15) is 5.38 Å². The lowest BCUT2D eigenvalue weighted by atomic mass is 10.4. The van der Waals surface area contributed by atoms with Crippen LogP contribution in [0, 0.1) is 0 Å². The number of hydrogen-bond acceptors (Lipinski definition) is 0. The van der Waals surface area contributed by atoms with Crippen molar-refractivity contribution in [1.82, 2.24) is 0 Å². The van der Waals surface area contributed by atoms with Gasteiger partial charge in [-0.1, -0.05) is 11.6 Å². The van der Waals surface area contributed by atoms with E-state index < -0.39 is 11.6 Å². The first kappa shape index (κ1) is 9.11. The summed E-state index contributed by atoms with van der Waals surface area (Å²) in [5.74, 6) is 0. The summed E-state index contributed by atoms with van der Waals surface area (Å²) in [6.45, 7) is 0. The maximum Gasteiger partial charge on any atom is 0.408 e. The van der Waals surface area contributed by atoms with Gasteiger partial charge >= 0.3 is 6.18 Å². The van der Waals surface area contributed by atoms with Gasteiger partial charge in [-0.05, 0) is 6.08 Å². The van der Waals surface area contributed by atoms with Gasteiger partial charge in [0, 0.05) is 5.54 Å². The first-order valence-electron chi connectivity index (χ1n) is 1.96. The zero-order valence-corrected chi connectivity index (χ0v) is 5.63. The molecular weight excluding hydrogens is 176 g/mol. The molecule has 0 bridgehead atoms. The van der Waals surface area contributed by atoms with Crippen LogP contribution in [0.1, 0.15) is 0 Å². The largest absolute Gasteiger partial charge is 0.408 e. The van der Waals surface area contributed by atoms with Crippen molar-refractivity contribution in [3.63, 3.8) is 0 Å². The Morgan fingerprint density at radius 3 is 1.89 bits per heavy atom. The Hall–Kier alpha value is 0.110. The molecule has 0 amide bonds. The average Bonchev–Trinajstić information content (AvgIpc) is 1.64. The second-order valence-electron chi connectivity index (χ2n) is 1.26. The summed E-state index contributed by atoms with van der Waals surface area (Å²) in [6.07, 6.45) is -3.74. The Bertz CT molecular complexity index is 107. The van der Waals surface area contributed by atoms with Gasteiger partial charge in [-0.2, -0.15) is 13.2 Å². The number of halogens is 5. The molecule has 0 saturated heterocycles. The SMILES string of the molecule is FC(F)(F)C(Cl)C=CCl. The molecule has 0 aromatic heterocycles. The lowest BCUT2D eigenvalue weighted by Gasteiger charge is -2.07. The van der Waals surface area contributed by atoms with Crippen molar-refractivity contribution in [1.29, 1.82) is 0 Å². The van der Waals surface area contributed by atoms with Gasteiger partial charge in [0.25, 0.3) is 0 Å². The van der Waals surface area contributed by atoms with Crippen LogP contribution in [0.2, 0.25) is 0 Å². The molecule has 0 radical (unpaired) electrons. The zero-order valence-electron chi connectivity index (χ0n) is 4.12. The summed E-state index contributed by atoms with van der Waals surface area (Å²) in [6, 6.07) is 0. The Kier molecular flexibility index (Phi) is 3.36. The minimum absolute atomic E-state index is 0.656. The molecule has 0 aliphatic heterocycles. The first-order chi connectivity index (χ1) is 3.98. The second-order valence-corrected chi connectivity index (χ2v) is 1.98. The van der Waals surface area contributed by atoms with E-state index in [9.17, 15) is 13.2 Å². The highest BCUT2D eigenvalue weighted by molar-refractivity contribution is 6.27. The number of hydrogen-bond donors (Lipinski definition) is 0. The van der Waals surface area contributed by atoms with Crippen LogP contribution in [-0.4, -0.2) is 11.6 Å². The third kappa shape index (κ3) is 3.65.